The second kappa shape index (κ2) is 6.56. The molecule has 4 heterocycles. The highest BCUT2D eigenvalue weighted by atomic mass is 35.5. The Balaban J connectivity index is 1.42. The van der Waals surface area contributed by atoms with Gasteiger partial charge in [-0.15, -0.1) is 16.4 Å². The summed E-state index contributed by atoms with van der Waals surface area (Å²) in [5.74, 6) is 0.919. The van der Waals surface area contributed by atoms with Gasteiger partial charge in [-0.2, -0.15) is 4.98 Å². The molecule has 3 aromatic heterocycles. The first-order valence-electron chi connectivity index (χ1n) is 8.37. The average molecular weight is 400 g/mol. The lowest BCUT2D eigenvalue weighted by Gasteiger charge is -2.24. The fraction of sp³-hybridized carbons (Fsp3) is 0.222. The van der Waals surface area contributed by atoms with E-state index >= 15 is 0 Å². The van der Waals surface area contributed by atoms with Gasteiger partial charge >= 0.3 is 0 Å². The zero-order valence-corrected chi connectivity index (χ0v) is 15.9. The third kappa shape index (κ3) is 2.95. The highest BCUT2D eigenvalue weighted by Gasteiger charge is 2.27. The molecule has 9 heteroatoms. The second-order valence-corrected chi connectivity index (χ2v) is 7.63. The number of nitrogens with zero attached hydrogens (tertiary/aromatic N) is 5. The van der Waals surface area contributed by atoms with E-state index in [1.807, 2.05) is 47.3 Å². The smallest absolute Gasteiger partial charge is 0.268 e. The number of hydrogen-bond donors (Lipinski definition) is 0. The summed E-state index contributed by atoms with van der Waals surface area (Å²) in [6.07, 6.45) is -0.0982. The van der Waals surface area contributed by atoms with Gasteiger partial charge < -0.3 is 9.26 Å². The van der Waals surface area contributed by atoms with E-state index in [9.17, 15) is 0 Å². The maximum atomic E-state index is 6.02. The average Bonchev–Trinajstić information content (AvgIpc) is 3.40. The maximum Gasteiger partial charge on any atom is 0.268 e. The molecule has 0 saturated carbocycles. The molecule has 0 saturated heterocycles. The lowest BCUT2D eigenvalue weighted by molar-refractivity contribution is -0.00111. The molecule has 0 radical (unpaired) electrons. The van der Waals surface area contributed by atoms with Crippen molar-refractivity contribution in [2.24, 2.45) is 0 Å². The zero-order valence-electron chi connectivity index (χ0n) is 14.3. The number of ether oxygens (including phenoxy) is 1. The molecule has 1 atom stereocenters. The first-order valence-corrected chi connectivity index (χ1v) is 9.63. The Hall–Kier alpha value is -2.55. The summed E-state index contributed by atoms with van der Waals surface area (Å²) in [5.41, 5.74) is 3.59. The number of rotatable bonds is 3. The number of aryl methyl sites for hydroxylation is 1. The third-order valence-corrected chi connectivity index (χ3v) is 5.79. The van der Waals surface area contributed by atoms with Crippen molar-refractivity contribution in [2.45, 2.75) is 26.2 Å². The van der Waals surface area contributed by atoms with E-state index in [1.165, 1.54) is 0 Å². The minimum atomic E-state index is -0.0982. The molecule has 0 fully saturated rings. The van der Waals surface area contributed by atoms with Crippen LogP contribution in [0.2, 0.25) is 5.02 Å². The van der Waals surface area contributed by atoms with E-state index in [4.69, 9.17) is 20.9 Å². The summed E-state index contributed by atoms with van der Waals surface area (Å²) in [4.78, 5) is 5.46. The molecule has 0 N–H and O–H groups in total. The van der Waals surface area contributed by atoms with Gasteiger partial charge in [0.05, 0.1) is 23.7 Å². The second-order valence-electron chi connectivity index (χ2n) is 6.27. The highest BCUT2D eigenvalue weighted by molar-refractivity contribution is 7.13. The van der Waals surface area contributed by atoms with Crippen LogP contribution in [0.4, 0.5) is 0 Å². The SMILES string of the molecule is Cc1ccsc1-c1nc(-c2nnn3c2COC(c2ccc(Cl)cc2)C3)no1. The van der Waals surface area contributed by atoms with E-state index in [0.29, 0.717) is 35.6 Å². The quantitative estimate of drug-likeness (QED) is 0.511. The van der Waals surface area contributed by atoms with Crippen LogP contribution in [0, 0.1) is 6.92 Å². The van der Waals surface area contributed by atoms with Crippen molar-refractivity contribution in [3.05, 3.63) is 57.6 Å². The van der Waals surface area contributed by atoms with E-state index in [1.54, 1.807) is 11.3 Å². The fourth-order valence-electron chi connectivity index (χ4n) is 3.07. The van der Waals surface area contributed by atoms with Gasteiger partial charge in [-0.05, 0) is 41.6 Å². The Morgan fingerprint density at radius 1 is 1.22 bits per heavy atom. The molecule has 0 spiro atoms. The van der Waals surface area contributed by atoms with Crippen molar-refractivity contribution >= 4 is 22.9 Å². The van der Waals surface area contributed by atoms with Gasteiger partial charge in [0.1, 0.15) is 6.10 Å². The molecule has 0 bridgehead atoms. The van der Waals surface area contributed by atoms with Crippen molar-refractivity contribution in [3.63, 3.8) is 0 Å². The number of aromatic nitrogens is 5. The third-order valence-electron chi connectivity index (χ3n) is 4.53. The first-order chi connectivity index (χ1) is 13.2. The van der Waals surface area contributed by atoms with Gasteiger partial charge in [0.2, 0.25) is 5.82 Å². The Bertz CT molecular complexity index is 1100. The highest BCUT2D eigenvalue weighted by Crippen LogP contribution is 2.32. The van der Waals surface area contributed by atoms with Crippen LogP contribution in [0.1, 0.15) is 22.9 Å². The summed E-state index contributed by atoms with van der Waals surface area (Å²) in [6, 6.07) is 9.66. The van der Waals surface area contributed by atoms with Gasteiger partial charge in [0, 0.05) is 5.02 Å². The molecule has 27 heavy (non-hydrogen) atoms. The standard InChI is InChI=1S/C18H14ClN5O2S/c1-10-6-7-27-16(10)18-20-17(22-26-18)15-13-9-25-14(8-24(13)23-21-15)11-2-4-12(19)5-3-11/h2-7,14H,8-9H2,1H3. The van der Waals surface area contributed by atoms with E-state index in [2.05, 4.69) is 20.5 Å². The monoisotopic (exact) mass is 399 g/mol. The number of thiophene rings is 1. The normalized spacial score (nSPS) is 16.4. The van der Waals surface area contributed by atoms with Gasteiger partial charge in [0.25, 0.3) is 5.89 Å². The molecule has 5 rings (SSSR count). The number of benzene rings is 1. The van der Waals surface area contributed by atoms with Crippen LogP contribution in [-0.2, 0) is 17.9 Å². The van der Waals surface area contributed by atoms with Crippen molar-refractivity contribution < 1.29 is 9.26 Å². The fourth-order valence-corrected chi connectivity index (χ4v) is 4.04. The minimum Gasteiger partial charge on any atom is -0.365 e. The van der Waals surface area contributed by atoms with E-state index in [-0.39, 0.29) is 6.10 Å². The molecule has 0 aliphatic carbocycles. The Morgan fingerprint density at radius 3 is 2.85 bits per heavy atom. The minimum absolute atomic E-state index is 0.0982. The summed E-state index contributed by atoms with van der Waals surface area (Å²) >= 11 is 7.53. The van der Waals surface area contributed by atoms with Crippen LogP contribution < -0.4 is 0 Å². The van der Waals surface area contributed by atoms with Crippen LogP contribution in [-0.4, -0.2) is 25.1 Å². The van der Waals surface area contributed by atoms with Crippen molar-refractivity contribution in [3.8, 4) is 22.3 Å². The molecule has 1 unspecified atom stereocenters. The summed E-state index contributed by atoms with van der Waals surface area (Å²) in [6.45, 7) is 2.96. The predicted molar refractivity (Wildman–Crippen MR) is 100 cm³/mol. The molecule has 1 aliphatic heterocycles. The van der Waals surface area contributed by atoms with Crippen LogP contribution in [0.3, 0.4) is 0 Å². The lowest BCUT2D eigenvalue weighted by atomic mass is 10.1. The summed E-state index contributed by atoms with van der Waals surface area (Å²) in [5, 5.41) is 15.3. The van der Waals surface area contributed by atoms with Crippen LogP contribution >= 0.6 is 22.9 Å². The number of hydrogen-bond acceptors (Lipinski definition) is 7. The summed E-state index contributed by atoms with van der Waals surface area (Å²) < 4.78 is 13.3. The molecule has 4 aromatic rings. The van der Waals surface area contributed by atoms with Crippen LogP contribution in [0.15, 0.2) is 40.2 Å². The lowest BCUT2D eigenvalue weighted by Crippen LogP contribution is -2.22. The first kappa shape index (κ1) is 16.6. The van der Waals surface area contributed by atoms with Gasteiger partial charge in [-0.1, -0.05) is 34.1 Å². The molecule has 1 aromatic carbocycles. The van der Waals surface area contributed by atoms with E-state index in [0.717, 1.165) is 21.7 Å². The Kier molecular flexibility index (Phi) is 4.04. The van der Waals surface area contributed by atoms with Crippen LogP contribution in [0.5, 0.6) is 0 Å². The Labute approximate surface area is 163 Å². The predicted octanol–water partition coefficient (Wildman–Crippen LogP) is 4.29. The topological polar surface area (TPSA) is 78.9 Å². The number of fused-ring (bicyclic) bond motifs is 1. The van der Waals surface area contributed by atoms with Gasteiger partial charge in [0.15, 0.2) is 5.69 Å². The molecule has 136 valence electrons. The molecule has 7 nitrogen and oxygen atoms in total. The zero-order chi connectivity index (χ0) is 18.4. The summed E-state index contributed by atoms with van der Waals surface area (Å²) in [7, 11) is 0. The molecular formula is C18H14ClN5O2S. The molecule has 1 aliphatic rings. The molecule has 0 amide bonds. The molecular weight excluding hydrogens is 386 g/mol. The van der Waals surface area contributed by atoms with Crippen molar-refractivity contribution in [1.29, 1.82) is 0 Å². The van der Waals surface area contributed by atoms with Crippen molar-refractivity contribution in [1.82, 2.24) is 25.1 Å². The largest absolute Gasteiger partial charge is 0.365 e. The van der Waals surface area contributed by atoms with Crippen molar-refractivity contribution in [2.75, 3.05) is 0 Å². The van der Waals surface area contributed by atoms with Crippen LogP contribution in [0.25, 0.3) is 22.3 Å². The maximum absolute atomic E-state index is 6.02. The van der Waals surface area contributed by atoms with E-state index < -0.39 is 0 Å². The van der Waals surface area contributed by atoms with Gasteiger partial charge in [-0.3, -0.25) is 0 Å². The Morgan fingerprint density at radius 2 is 2.07 bits per heavy atom. The van der Waals surface area contributed by atoms with Gasteiger partial charge in [-0.25, -0.2) is 4.68 Å². The number of halogens is 1.